The Balaban J connectivity index is 2.10. The van der Waals surface area contributed by atoms with Crippen LogP contribution in [-0.2, 0) is 6.54 Å². The van der Waals surface area contributed by atoms with Crippen molar-refractivity contribution in [1.82, 2.24) is 4.90 Å². The lowest BCUT2D eigenvalue weighted by molar-refractivity contribution is 0.286. The highest BCUT2D eigenvalue weighted by Gasteiger charge is 2.12. The summed E-state index contributed by atoms with van der Waals surface area (Å²) in [6, 6.07) is 5.70. The van der Waals surface area contributed by atoms with Crippen molar-refractivity contribution in [2.24, 2.45) is 0 Å². The molecule has 0 fully saturated rings. The zero-order chi connectivity index (χ0) is 11.5. The second-order valence-electron chi connectivity index (χ2n) is 4.34. The quantitative estimate of drug-likeness (QED) is 0.632. The van der Waals surface area contributed by atoms with Crippen LogP contribution in [-0.4, -0.2) is 18.0 Å². The second kappa shape index (κ2) is 4.89. The van der Waals surface area contributed by atoms with E-state index < -0.39 is 0 Å². The molecule has 0 aliphatic carbocycles. The van der Waals surface area contributed by atoms with Gasteiger partial charge in [0.05, 0.1) is 0 Å². The average Bonchev–Trinajstić information content (AvgIpc) is 2.26. The third-order valence-electron chi connectivity index (χ3n) is 3.06. The molecule has 0 unspecified atom stereocenters. The van der Waals surface area contributed by atoms with Gasteiger partial charge >= 0.3 is 0 Å². The molecular weight excluding hydrogens is 220 g/mol. The molecule has 0 radical (unpaired) electrons. The molecule has 0 amide bonds. The molecule has 1 aromatic carbocycles. The summed E-state index contributed by atoms with van der Waals surface area (Å²) in [5.41, 5.74) is 9.26. The first-order valence-electron chi connectivity index (χ1n) is 5.57. The predicted octanol–water partition coefficient (Wildman–Crippen LogP) is 3.07. The summed E-state index contributed by atoms with van der Waals surface area (Å²) in [5.74, 6) is 0. The highest BCUT2D eigenvalue weighted by molar-refractivity contribution is 6.31. The number of halogens is 1. The molecule has 1 heterocycles. The van der Waals surface area contributed by atoms with Crippen LogP contribution < -0.4 is 5.73 Å². The van der Waals surface area contributed by atoms with Gasteiger partial charge in [0.15, 0.2) is 0 Å². The molecule has 0 atom stereocenters. The fourth-order valence-electron chi connectivity index (χ4n) is 1.92. The molecule has 0 saturated heterocycles. The topological polar surface area (TPSA) is 29.3 Å². The van der Waals surface area contributed by atoms with E-state index in [4.69, 9.17) is 17.3 Å². The Bertz CT molecular complexity index is 392. The van der Waals surface area contributed by atoms with E-state index in [2.05, 4.69) is 17.9 Å². The summed E-state index contributed by atoms with van der Waals surface area (Å²) < 4.78 is 0. The molecule has 1 aliphatic heterocycles. The lowest BCUT2D eigenvalue weighted by Gasteiger charge is -2.26. The first-order chi connectivity index (χ1) is 7.66. The number of nitrogens with two attached hydrogens (primary N) is 1. The van der Waals surface area contributed by atoms with Crippen LogP contribution in [0.1, 0.15) is 18.9 Å². The minimum atomic E-state index is 0.770. The summed E-state index contributed by atoms with van der Waals surface area (Å²) in [4.78, 5) is 2.37. The Hall–Kier alpha value is -0.990. The average molecular weight is 237 g/mol. The monoisotopic (exact) mass is 236 g/mol. The van der Waals surface area contributed by atoms with Gasteiger partial charge in [0.25, 0.3) is 0 Å². The van der Waals surface area contributed by atoms with Crippen molar-refractivity contribution in [1.29, 1.82) is 0 Å². The van der Waals surface area contributed by atoms with Gasteiger partial charge in [-0.1, -0.05) is 29.3 Å². The SMILES string of the molecule is CC1=CCN(Cc2c(N)cccc2Cl)CC1. The zero-order valence-electron chi connectivity index (χ0n) is 9.54. The predicted molar refractivity (Wildman–Crippen MR) is 69.5 cm³/mol. The molecule has 86 valence electrons. The lowest BCUT2D eigenvalue weighted by Crippen LogP contribution is -2.28. The third-order valence-corrected chi connectivity index (χ3v) is 3.41. The van der Waals surface area contributed by atoms with E-state index in [-0.39, 0.29) is 0 Å². The minimum Gasteiger partial charge on any atom is -0.398 e. The molecule has 1 aromatic rings. The Kier molecular flexibility index (Phi) is 3.52. The summed E-state index contributed by atoms with van der Waals surface area (Å²) >= 11 is 6.16. The Morgan fingerprint density at radius 3 is 2.88 bits per heavy atom. The van der Waals surface area contributed by atoms with Gasteiger partial charge in [-0.3, -0.25) is 4.90 Å². The van der Waals surface area contributed by atoms with Crippen molar-refractivity contribution in [2.75, 3.05) is 18.8 Å². The van der Waals surface area contributed by atoms with E-state index in [9.17, 15) is 0 Å². The van der Waals surface area contributed by atoms with Crippen molar-refractivity contribution in [3.63, 3.8) is 0 Å². The number of anilines is 1. The third kappa shape index (κ3) is 2.57. The number of benzene rings is 1. The maximum absolute atomic E-state index is 6.16. The van der Waals surface area contributed by atoms with E-state index in [1.807, 2.05) is 18.2 Å². The van der Waals surface area contributed by atoms with Gasteiger partial charge in [-0.15, -0.1) is 0 Å². The molecule has 0 bridgehead atoms. The van der Waals surface area contributed by atoms with Crippen LogP contribution in [0.25, 0.3) is 0 Å². The molecule has 0 aromatic heterocycles. The van der Waals surface area contributed by atoms with Crippen LogP contribution in [0.15, 0.2) is 29.8 Å². The number of nitrogens with zero attached hydrogens (tertiary/aromatic N) is 1. The van der Waals surface area contributed by atoms with Gasteiger partial charge in [-0.25, -0.2) is 0 Å². The number of nitrogen functional groups attached to an aromatic ring is 1. The van der Waals surface area contributed by atoms with Gasteiger partial charge in [0.1, 0.15) is 0 Å². The maximum atomic E-state index is 6.16. The fourth-order valence-corrected chi connectivity index (χ4v) is 2.16. The molecule has 0 spiro atoms. The van der Waals surface area contributed by atoms with Crippen molar-refractivity contribution < 1.29 is 0 Å². The molecule has 1 aliphatic rings. The standard InChI is InChI=1S/C13H17ClN2/c1-10-5-7-16(8-6-10)9-11-12(14)3-2-4-13(11)15/h2-5H,6-9,15H2,1H3. The van der Waals surface area contributed by atoms with Gasteiger partial charge in [-0.2, -0.15) is 0 Å². The molecular formula is C13H17ClN2. The smallest absolute Gasteiger partial charge is 0.0471 e. The van der Waals surface area contributed by atoms with Gasteiger partial charge in [0, 0.05) is 35.9 Å². The van der Waals surface area contributed by atoms with Gasteiger partial charge in [0.2, 0.25) is 0 Å². The van der Waals surface area contributed by atoms with Crippen molar-refractivity contribution >= 4 is 17.3 Å². The summed E-state index contributed by atoms with van der Waals surface area (Å²) in [5, 5.41) is 0.770. The molecule has 16 heavy (non-hydrogen) atoms. The minimum absolute atomic E-state index is 0.770. The van der Waals surface area contributed by atoms with E-state index in [1.165, 1.54) is 5.57 Å². The Morgan fingerprint density at radius 1 is 1.44 bits per heavy atom. The summed E-state index contributed by atoms with van der Waals surface area (Å²) in [6.45, 7) is 5.11. The van der Waals surface area contributed by atoms with Gasteiger partial charge < -0.3 is 5.73 Å². The molecule has 2 N–H and O–H groups in total. The lowest BCUT2D eigenvalue weighted by atomic mass is 10.1. The number of hydrogen-bond donors (Lipinski definition) is 1. The summed E-state index contributed by atoms with van der Waals surface area (Å²) in [6.07, 6.45) is 3.42. The van der Waals surface area contributed by atoms with Crippen LogP contribution in [0.4, 0.5) is 5.69 Å². The molecule has 3 heteroatoms. The van der Waals surface area contributed by atoms with Crippen LogP contribution >= 0.6 is 11.6 Å². The van der Waals surface area contributed by atoms with E-state index in [0.717, 1.165) is 42.3 Å². The van der Waals surface area contributed by atoms with Crippen LogP contribution in [0, 0.1) is 0 Å². The van der Waals surface area contributed by atoms with Crippen molar-refractivity contribution in [2.45, 2.75) is 19.9 Å². The maximum Gasteiger partial charge on any atom is 0.0471 e. The van der Waals surface area contributed by atoms with Crippen molar-refractivity contribution in [3.05, 3.63) is 40.4 Å². The number of hydrogen-bond acceptors (Lipinski definition) is 2. The van der Waals surface area contributed by atoms with Crippen LogP contribution in [0.2, 0.25) is 5.02 Å². The number of rotatable bonds is 2. The molecule has 2 rings (SSSR count). The molecule has 0 saturated carbocycles. The summed E-state index contributed by atoms with van der Waals surface area (Å²) in [7, 11) is 0. The normalized spacial score (nSPS) is 17.2. The Labute approximate surface area is 102 Å². The second-order valence-corrected chi connectivity index (χ2v) is 4.75. The zero-order valence-corrected chi connectivity index (χ0v) is 10.3. The largest absolute Gasteiger partial charge is 0.398 e. The van der Waals surface area contributed by atoms with Crippen molar-refractivity contribution in [3.8, 4) is 0 Å². The van der Waals surface area contributed by atoms with E-state index in [0.29, 0.717) is 0 Å². The van der Waals surface area contributed by atoms with E-state index in [1.54, 1.807) is 0 Å². The van der Waals surface area contributed by atoms with Gasteiger partial charge in [-0.05, 0) is 25.5 Å². The van der Waals surface area contributed by atoms with E-state index >= 15 is 0 Å². The van der Waals surface area contributed by atoms with Crippen LogP contribution in [0.5, 0.6) is 0 Å². The Morgan fingerprint density at radius 2 is 2.25 bits per heavy atom. The molecule has 2 nitrogen and oxygen atoms in total. The first-order valence-corrected chi connectivity index (χ1v) is 5.95. The fraction of sp³-hybridized carbons (Fsp3) is 0.385. The van der Waals surface area contributed by atoms with Crippen LogP contribution in [0.3, 0.4) is 0 Å². The highest BCUT2D eigenvalue weighted by Crippen LogP contribution is 2.24. The highest BCUT2D eigenvalue weighted by atomic mass is 35.5. The first kappa shape index (κ1) is 11.5.